The van der Waals surface area contributed by atoms with E-state index in [1.165, 1.54) is 6.92 Å². The van der Waals surface area contributed by atoms with E-state index >= 15 is 0 Å². The molecule has 2 N–H and O–H groups in total. The van der Waals surface area contributed by atoms with Crippen molar-refractivity contribution in [3.8, 4) is 0 Å². The van der Waals surface area contributed by atoms with Crippen LogP contribution in [0.5, 0.6) is 0 Å². The van der Waals surface area contributed by atoms with Crippen LogP contribution in [-0.4, -0.2) is 18.1 Å². The highest BCUT2D eigenvalue weighted by Crippen LogP contribution is 2.42. The van der Waals surface area contributed by atoms with Crippen LogP contribution >= 0.6 is 0 Å². The van der Waals surface area contributed by atoms with Gasteiger partial charge in [0, 0.05) is 13.5 Å². The predicted octanol–water partition coefficient (Wildman–Crippen LogP) is 2.48. The summed E-state index contributed by atoms with van der Waals surface area (Å²) in [5, 5.41) is 0. The Morgan fingerprint density at radius 3 is 2.19 bits per heavy atom. The van der Waals surface area contributed by atoms with Gasteiger partial charge in [0.05, 0.1) is 0 Å². The Morgan fingerprint density at radius 1 is 1.38 bits per heavy atom. The third-order valence-electron chi connectivity index (χ3n) is 3.85. The third-order valence-corrected chi connectivity index (χ3v) is 3.85. The van der Waals surface area contributed by atoms with Gasteiger partial charge in [-0.15, -0.1) is 0 Å². The number of hydrogen-bond acceptors (Lipinski definition) is 3. The van der Waals surface area contributed by atoms with Crippen LogP contribution in [0.3, 0.4) is 0 Å². The maximum absolute atomic E-state index is 11.1. The lowest BCUT2D eigenvalue weighted by molar-refractivity contribution is -0.161. The zero-order chi connectivity index (χ0) is 12.4. The van der Waals surface area contributed by atoms with Crippen molar-refractivity contribution < 1.29 is 9.53 Å². The number of nitrogens with two attached hydrogens (primary N) is 1. The molecule has 3 nitrogen and oxygen atoms in total. The first kappa shape index (κ1) is 13.5. The van der Waals surface area contributed by atoms with Gasteiger partial charge in [0.2, 0.25) is 0 Å². The third kappa shape index (κ3) is 3.21. The Kier molecular flexibility index (Phi) is 4.00. The summed E-state index contributed by atoms with van der Waals surface area (Å²) in [5.74, 6) is 0.502. The lowest BCUT2D eigenvalue weighted by Gasteiger charge is -2.42. The molecular weight excluding hydrogens is 202 g/mol. The predicted molar refractivity (Wildman–Crippen MR) is 65.0 cm³/mol. The molecule has 1 rings (SSSR count). The summed E-state index contributed by atoms with van der Waals surface area (Å²) in [4.78, 5) is 11.1. The molecule has 0 aromatic carbocycles. The van der Waals surface area contributed by atoms with Crippen LogP contribution in [0.25, 0.3) is 0 Å². The maximum Gasteiger partial charge on any atom is 0.303 e. The number of rotatable bonds is 2. The van der Waals surface area contributed by atoms with Gasteiger partial charge in [0.1, 0.15) is 5.60 Å². The van der Waals surface area contributed by atoms with E-state index < -0.39 is 0 Å². The van der Waals surface area contributed by atoms with Crippen LogP contribution in [-0.2, 0) is 9.53 Å². The second-order valence-electron chi connectivity index (χ2n) is 6.12. The van der Waals surface area contributed by atoms with Gasteiger partial charge < -0.3 is 10.5 Å². The molecule has 94 valence electrons. The summed E-state index contributed by atoms with van der Waals surface area (Å²) in [6.07, 6.45) is 4.03. The van der Waals surface area contributed by atoms with E-state index in [-0.39, 0.29) is 11.6 Å². The SMILES string of the molecule is CC(=O)OC1(CN)CCC(C(C)(C)C)CC1. The summed E-state index contributed by atoms with van der Waals surface area (Å²) in [5.41, 5.74) is 5.73. The molecule has 0 spiro atoms. The molecule has 1 saturated carbocycles. The quantitative estimate of drug-likeness (QED) is 0.737. The van der Waals surface area contributed by atoms with Gasteiger partial charge in [-0.05, 0) is 37.0 Å². The van der Waals surface area contributed by atoms with Crippen molar-refractivity contribution in [3.05, 3.63) is 0 Å². The molecule has 1 aliphatic carbocycles. The fourth-order valence-corrected chi connectivity index (χ4v) is 2.66. The van der Waals surface area contributed by atoms with E-state index in [1.807, 2.05) is 0 Å². The normalized spacial score (nSPS) is 31.2. The first-order valence-corrected chi connectivity index (χ1v) is 6.19. The number of carbonyl (C=O) groups excluding carboxylic acids is 1. The van der Waals surface area contributed by atoms with Gasteiger partial charge in [-0.1, -0.05) is 20.8 Å². The first-order chi connectivity index (χ1) is 7.29. The van der Waals surface area contributed by atoms with Gasteiger partial charge in [-0.25, -0.2) is 0 Å². The van der Waals surface area contributed by atoms with Gasteiger partial charge in [0.25, 0.3) is 0 Å². The van der Waals surface area contributed by atoms with E-state index in [0.29, 0.717) is 17.9 Å². The summed E-state index contributed by atoms with van der Waals surface area (Å²) >= 11 is 0. The monoisotopic (exact) mass is 227 g/mol. The van der Waals surface area contributed by atoms with Crippen LogP contribution in [0.4, 0.5) is 0 Å². The minimum absolute atomic E-state index is 0.209. The number of esters is 1. The summed E-state index contributed by atoms with van der Waals surface area (Å²) in [6.45, 7) is 8.74. The molecule has 0 aromatic rings. The van der Waals surface area contributed by atoms with Crippen molar-refractivity contribution in [2.45, 2.75) is 59.0 Å². The van der Waals surface area contributed by atoms with Crippen LogP contribution in [0.2, 0.25) is 0 Å². The van der Waals surface area contributed by atoms with Crippen LogP contribution in [0.1, 0.15) is 53.4 Å². The van der Waals surface area contributed by atoms with Crippen LogP contribution in [0.15, 0.2) is 0 Å². The second kappa shape index (κ2) is 4.74. The second-order valence-corrected chi connectivity index (χ2v) is 6.12. The van der Waals surface area contributed by atoms with Crippen molar-refractivity contribution >= 4 is 5.97 Å². The van der Waals surface area contributed by atoms with Gasteiger partial charge in [0.15, 0.2) is 0 Å². The van der Waals surface area contributed by atoms with E-state index in [2.05, 4.69) is 20.8 Å². The van der Waals surface area contributed by atoms with Crippen molar-refractivity contribution in [2.24, 2.45) is 17.1 Å². The van der Waals surface area contributed by atoms with Crippen molar-refractivity contribution in [2.75, 3.05) is 6.54 Å². The minimum atomic E-state index is -0.381. The molecule has 3 heteroatoms. The Balaban J connectivity index is 2.60. The molecule has 0 amide bonds. The molecule has 1 aliphatic rings. The van der Waals surface area contributed by atoms with Crippen molar-refractivity contribution in [3.63, 3.8) is 0 Å². The average Bonchev–Trinajstić information content (AvgIpc) is 2.16. The molecule has 0 saturated heterocycles. The summed E-state index contributed by atoms with van der Waals surface area (Å²) in [6, 6.07) is 0. The lowest BCUT2D eigenvalue weighted by Crippen LogP contribution is -2.46. The van der Waals surface area contributed by atoms with Crippen molar-refractivity contribution in [1.29, 1.82) is 0 Å². The van der Waals surface area contributed by atoms with E-state index in [1.54, 1.807) is 0 Å². The minimum Gasteiger partial charge on any atom is -0.458 e. The van der Waals surface area contributed by atoms with Crippen molar-refractivity contribution in [1.82, 2.24) is 0 Å². The number of ether oxygens (including phenoxy) is 1. The van der Waals surface area contributed by atoms with Gasteiger partial charge >= 0.3 is 5.97 Å². The summed E-state index contributed by atoms with van der Waals surface area (Å²) < 4.78 is 5.43. The molecule has 0 aliphatic heterocycles. The number of hydrogen-bond donors (Lipinski definition) is 1. The largest absolute Gasteiger partial charge is 0.458 e. The highest BCUT2D eigenvalue weighted by atomic mass is 16.6. The molecule has 0 aromatic heterocycles. The number of carbonyl (C=O) groups is 1. The molecule has 0 heterocycles. The van der Waals surface area contributed by atoms with Gasteiger partial charge in [-0.3, -0.25) is 4.79 Å². The zero-order valence-corrected chi connectivity index (χ0v) is 11.0. The zero-order valence-electron chi connectivity index (χ0n) is 11.0. The highest BCUT2D eigenvalue weighted by molar-refractivity contribution is 5.66. The maximum atomic E-state index is 11.1. The smallest absolute Gasteiger partial charge is 0.303 e. The Bertz CT molecular complexity index is 247. The van der Waals surface area contributed by atoms with E-state index in [4.69, 9.17) is 10.5 Å². The topological polar surface area (TPSA) is 52.3 Å². The molecular formula is C13H25NO2. The average molecular weight is 227 g/mol. The Hall–Kier alpha value is -0.570. The lowest BCUT2D eigenvalue weighted by atomic mass is 9.68. The molecule has 0 radical (unpaired) electrons. The fraction of sp³-hybridized carbons (Fsp3) is 0.923. The first-order valence-electron chi connectivity index (χ1n) is 6.19. The fourth-order valence-electron chi connectivity index (χ4n) is 2.66. The molecule has 0 bridgehead atoms. The molecule has 0 unspecified atom stereocenters. The summed E-state index contributed by atoms with van der Waals surface area (Å²) in [7, 11) is 0. The standard InChI is InChI=1S/C13H25NO2/c1-10(15)16-13(9-14)7-5-11(6-8-13)12(2,3)4/h11H,5-9,14H2,1-4H3. The van der Waals surface area contributed by atoms with Crippen LogP contribution < -0.4 is 5.73 Å². The van der Waals surface area contributed by atoms with Gasteiger partial charge in [-0.2, -0.15) is 0 Å². The molecule has 0 atom stereocenters. The Morgan fingerprint density at radius 2 is 1.88 bits per heavy atom. The van der Waals surface area contributed by atoms with E-state index in [0.717, 1.165) is 25.7 Å². The molecule has 16 heavy (non-hydrogen) atoms. The van der Waals surface area contributed by atoms with Crippen LogP contribution in [0, 0.1) is 11.3 Å². The Labute approximate surface area is 98.7 Å². The highest BCUT2D eigenvalue weighted by Gasteiger charge is 2.40. The molecule has 1 fully saturated rings. The van der Waals surface area contributed by atoms with E-state index in [9.17, 15) is 4.79 Å².